The summed E-state index contributed by atoms with van der Waals surface area (Å²) in [5.74, 6) is 0.887. The van der Waals surface area contributed by atoms with Crippen LogP contribution in [0.1, 0.15) is 41.5 Å². The molecule has 0 fully saturated rings. The van der Waals surface area contributed by atoms with Crippen LogP contribution in [0.3, 0.4) is 0 Å². The summed E-state index contributed by atoms with van der Waals surface area (Å²) in [6, 6.07) is 13.8. The van der Waals surface area contributed by atoms with Gasteiger partial charge in [-0.25, -0.2) is 0 Å². The molecular weight excluding hydrogens is 402 g/mol. The normalized spacial score (nSPS) is 10.0. The smallest absolute Gasteiger partial charge is 0.276 e. The van der Waals surface area contributed by atoms with Gasteiger partial charge in [0.05, 0.1) is 6.54 Å². The molecule has 0 radical (unpaired) electrons. The number of nitrogens with zero attached hydrogens (tertiary/aromatic N) is 2. The molecule has 0 saturated carbocycles. The highest BCUT2D eigenvalue weighted by molar-refractivity contribution is 7.98. The lowest BCUT2D eigenvalue weighted by Crippen LogP contribution is -2.28. The number of rotatable bonds is 8. The van der Waals surface area contributed by atoms with Crippen LogP contribution in [0.4, 0.5) is 0 Å². The first-order chi connectivity index (χ1) is 14.6. The fourth-order valence-corrected chi connectivity index (χ4v) is 2.68. The number of ether oxygens (including phenoxy) is 1. The molecular formula is C22H25N3O4S. The lowest BCUT2D eigenvalue weighted by Gasteiger charge is -2.08. The Balaban J connectivity index is 0.00000155. The van der Waals surface area contributed by atoms with Crippen molar-refractivity contribution < 1.29 is 18.7 Å². The number of hydrogen-bond acceptors (Lipinski definition) is 7. The van der Waals surface area contributed by atoms with Crippen molar-refractivity contribution in [2.24, 2.45) is 0 Å². The lowest BCUT2D eigenvalue weighted by molar-refractivity contribution is 0.0945. The maximum atomic E-state index is 12.1. The summed E-state index contributed by atoms with van der Waals surface area (Å²) < 4.78 is 11.1. The molecule has 2 aromatic carbocycles. The fraction of sp³-hybridized carbons (Fsp3) is 0.273. The molecule has 3 aromatic rings. The molecule has 7 nitrogen and oxygen atoms in total. The molecule has 0 aliphatic carbocycles. The maximum absolute atomic E-state index is 12.1. The van der Waals surface area contributed by atoms with E-state index in [0.29, 0.717) is 41.1 Å². The number of nitrogens with one attached hydrogen (secondary N) is 1. The van der Waals surface area contributed by atoms with Gasteiger partial charge >= 0.3 is 0 Å². The Bertz CT molecular complexity index is 953. The molecule has 3 rings (SSSR count). The lowest BCUT2D eigenvalue weighted by atomic mass is 10.1. The summed E-state index contributed by atoms with van der Waals surface area (Å²) in [6.45, 7) is 6.17. The van der Waals surface area contributed by atoms with E-state index in [2.05, 4.69) is 15.5 Å². The number of benzene rings is 2. The van der Waals surface area contributed by atoms with Gasteiger partial charge in [-0.2, -0.15) is 0 Å². The summed E-state index contributed by atoms with van der Waals surface area (Å²) in [5, 5.41) is 11.2. The van der Waals surface area contributed by atoms with Crippen LogP contribution < -0.4 is 10.1 Å². The highest BCUT2D eigenvalue weighted by atomic mass is 32.2. The zero-order chi connectivity index (χ0) is 21.9. The molecule has 1 amide bonds. The van der Waals surface area contributed by atoms with Gasteiger partial charge in [-0.3, -0.25) is 9.59 Å². The number of Topliss-reactive ketones (excluding diaryl/α,β-unsaturated/α-hetero) is 1. The Morgan fingerprint density at radius 1 is 1.00 bits per heavy atom. The molecule has 0 unspecified atom stereocenters. The molecule has 158 valence electrons. The van der Waals surface area contributed by atoms with Crippen molar-refractivity contribution in [3.05, 3.63) is 59.7 Å². The second-order valence-corrected chi connectivity index (χ2v) is 6.60. The Morgan fingerprint density at radius 2 is 1.63 bits per heavy atom. The van der Waals surface area contributed by atoms with E-state index >= 15 is 0 Å². The molecule has 1 N–H and O–H groups in total. The highest BCUT2D eigenvalue weighted by Gasteiger charge is 2.08. The predicted molar refractivity (Wildman–Crippen MR) is 117 cm³/mol. The van der Waals surface area contributed by atoms with Crippen molar-refractivity contribution in [1.82, 2.24) is 15.5 Å². The summed E-state index contributed by atoms with van der Waals surface area (Å²) in [5.41, 5.74) is 1.88. The van der Waals surface area contributed by atoms with Crippen molar-refractivity contribution in [1.29, 1.82) is 0 Å². The first-order valence-corrected chi connectivity index (χ1v) is 10.8. The predicted octanol–water partition coefficient (Wildman–Crippen LogP) is 4.50. The van der Waals surface area contributed by atoms with Gasteiger partial charge in [-0.05, 0) is 49.6 Å². The van der Waals surface area contributed by atoms with Crippen molar-refractivity contribution >= 4 is 23.5 Å². The second-order valence-electron chi connectivity index (χ2n) is 5.84. The number of amides is 1. The zero-order valence-electron chi connectivity index (χ0n) is 17.5. The molecule has 0 aliphatic rings. The summed E-state index contributed by atoms with van der Waals surface area (Å²) in [4.78, 5) is 23.3. The van der Waals surface area contributed by atoms with E-state index in [9.17, 15) is 9.59 Å². The van der Waals surface area contributed by atoms with Gasteiger partial charge in [0.25, 0.3) is 11.1 Å². The summed E-state index contributed by atoms with van der Waals surface area (Å²) in [7, 11) is 0. The standard InChI is InChI=1S/C20H19N3O4S.C2H6/c1-13(24)14-3-5-15(6-4-14)18(25)21-11-12-26-17-9-7-16(8-10-17)19-22-23-20(27-19)28-2;1-2/h3-10H,11-12H2,1-2H3,(H,21,25);1-2H3. The van der Waals surface area contributed by atoms with Crippen molar-refractivity contribution in [3.63, 3.8) is 0 Å². The minimum absolute atomic E-state index is 0.0323. The van der Waals surface area contributed by atoms with Crippen LogP contribution in [-0.4, -0.2) is 41.3 Å². The quantitative estimate of drug-likeness (QED) is 0.321. The van der Waals surface area contributed by atoms with Gasteiger partial charge in [0.1, 0.15) is 12.4 Å². The zero-order valence-corrected chi connectivity index (χ0v) is 18.3. The molecule has 0 spiro atoms. The Hall–Kier alpha value is -3.13. The van der Waals surface area contributed by atoms with Gasteiger partial charge in [0.2, 0.25) is 5.89 Å². The van der Waals surface area contributed by atoms with Gasteiger partial charge in [-0.15, -0.1) is 10.2 Å². The van der Waals surface area contributed by atoms with Crippen molar-refractivity contribution in [2.45, 2.75) is 26.0 Å². The molecule has 0 aliphatic heterocycles. The van der Waals surface area contributed by atoms with E-state index in [-0.39, 0.29) is 11.7 Å². The third kappa shape index (κ3) is 6.45. The fourth-order valence-electron chi connectivity index (χ4n) is 2.39. The molecule has 30 heavy (non-hydrogen) atoms. The van der Waals surface area contributed by atoms with E-state index in [1.807, 2.05) is 32.2 Å². The average Bonchev–Trinajstić information content (AvgIpc) is 3.28. The molecule has 0 saturated heterocycles. The number of hydrogen-bond donors (Lipinski definition) is 1. The molecule has 0 atom stereocenters. The topological polar surface area (TPSA) is 94.3 Å². The number of ketones is 1. The number of thioether (sulfide) groups is 1. The first-order valence-electron chi connectivity index (χ1n) is 9.57. The third-order valence-corrected chi connectivity index (χ3v) is 4.41. The minimum Gasteiger partial charge on any atom is -0.492 e. The second kappa shape index (κ2) is 11.8. The largest absolute Gasteiger partial charge is 0.492 e. The Morgan fingerprint density at radius 3 is 2.20 bits per heavy atom. The van der Waals surface area contributed by atoms with Gasteiger partial charge in [0, 0.05) is 16.7 Å². The molecule has 0 bridgehead atoms. The Kier molecular flexibility index (Phi) is 9.08. The first kappa shape index (κ1) is 23.2. The van der Waals surface area contributed by atoms with E-state index in [1.165, 1.54) is 18.7 Å². The van der Waals surface area contributed by atoms with E-state index in [4.69, 9.17) is 9.15 Å². The van der Waals surface area contributed by atoms with Crippen LogP contribution in [0.2, 0.25) is 0 Å². The average molecular weight is 428 g/mol. The van der Waals surface area contributed by atoms with Crippen LogP contribution >= 0.6 is 11.8 Å². The van der Waals surface area contributed by atoms with Crippen molar-refractivity contribution in [2.75, 3.05) is 19.4 Å². The van der Waals surface area contributed by atoms with E-state index < -0.39 is 0 Å². The molecule has 1 aromatic heterocycles. The minimum atomic E-state index is -0.213. The SMILES string of the molecule is CC.CSc1nnc(-c2ccc(OCCNC(=O)c3ccc(C(C)=O)cc3)cc2)o1. The van der Waals surface area contributed by atoms with Gasteiger partial charge in [-0.1, -0.05) is 37.7 Å². The van der Waals surface area contributed by atoms with E-state index in [1.54, 1.807) is 36.4 Å². The van der Waals surface area contributed by atoms with Crippen molar-refractivity contribution in [3.8, 4) is 17.2 Å². The number of aromatic nitrogens is 2. The van der Waals surface area contributed by atoms with Crippen LogP contribution in [0, 0.1) is 0 Å². The Labute approximate surface area is 180 Å². The number of carbonyl (C=O) groups is 2. The van der Waals surface area contributed by atoms with E-state index in [0.717, 1.165) is 5.56 Å². The van der Waals surface area contributed by atoms with Gasteiger partial charge in [0.15, 0.2) is 5.78 Å². The summed E-state index contributed by atoms with van der Waals surface area (Å²) in [6.07, 6.45) is 1.87. The monoisotopic (exact) mass is 427 g/mol. The summed E-state index contributed by atoms with van der Waals surface area (Å²) >= 11 is 1.39. The van der Waals surface area contributed by atoms with Crippen LogP contribution in [0.25, 0.3) is 11.5 Å². The van der Waals surface area contributed by atoms with Crippen LogP contribution in [0.15, 0.2) is 58.2 Å². The molecule has 1 heterocycles. The maximum Gasteiger partial charge on any atom is 0.276 e. The highest BCUT2D eigenvalue weighted by Crippen LogP contribution is 2.23. The molecule has 8 heteroatoms. The third-order valence-electron chi connectivity index (χ3n) is 3.89. The van der Waals surface area contributed by atoms with Crippen LogP contribution in [0.5, 0.6) is 5.75 Å². The number of carbonyl (C=O) groups excluding carboxylic acids is 2. The van der Waals surface area contributed by atoms with Crippen LogP contribution in [-0.2, 0) is 0 Å². The van der Waals surface area contributed by atoms with Gasteiger partial charge < -0.3 is 14.5 Å².